The molecule has 0 spiro atoms. The van der Waals surface area contributed by atoms with Gasteiger partial charge in [0, 0.05) is 5.69 Å². The first kappa shape index (κ1) is 12.7. The normalized spacial score (nSPS) is 10.2. The highest BCUT2D eigenvalue weighted by Gasteiger charge is 2.16. The Morgan fingerprint density at radius 3 is 2.74 bits per heavy atom. The molecule has 7 heteroatoms. The van der Waals surface area contributed by atoms with Gasteiger partial charge < -0.3 is 15.4 Å². The van der Waals surface area contributed by atoms with Gasteiger partial charge in [0.1, 0.15) is 0 Å². The van der Waals surface area contributed by atoms with Gasteiger partial charge in [0.15, 0.2) is 5.69 Å². The molecular weight excluding hydrogens is 248 g/mol. The summed E-state index contributed by atoms with van der Waals surface area (Å²) in [6.45, 7) is 3.77. The van der Waals surface area contributed by atoms with Crippen LogP contribution in [0.4, 0.5) is 11.5 Å². The lowest BCUT2D eigenvalue weighted by atomic mass is 10.1. The summed E-state index contributed by atoms with van der Waals surface area (Å²) >= 11 is 0. The van der Waals surface area contributed by atoms with Gasteiger partial charge in [-0.05, 0) is 36.0 Å². The van der Waals surface area contributed by atoms with Gasteiger partial charge in [-0.25, -0.2) is 0 Å². The Hall–Kier alpha value is -2.70. The number of nitrogens with zero attached hydrogens (tertiary/aromatic N) is 2. The zero-order chi connectivity index (χ0) is 14.0. The van der Waals surface area contributed by atoms with E-state index in [9.17, 15) is 14.9 Å². The third kappa shape index (κ3) is 2.76. The summed E-state index contributed by atoms with van der Waals surface area (Å²) in [4.78, 5) is 21.8. The number of anilines is 1. The minimum atomic E-state index is -0.637. The van der Waals surface area contributed by atoms with Crippen LogP contribution in [0.2, 0.25) is 0 Å². The Balaban J connectivity index is 2.20. The molecule has 0 bridgehead atoms. The highest BCUT2D eigenvalue weighted by molar-refractivity contribution is 6.03. The Morgan fingerprint density at radius 1 is 1.37 bits per heavy atom. The smallest absolute Gasteiger partial charge is 0.343 e. The van der Waals surface area contributed by atoms with E-state index >= 15 is 0 Å². The molecule has 0 atom stereocenters. The second kappa shape index (κ2) is 4.89. The number of hydrogen-bond donors (Lipinski definition) is 2. The highest BCUT2D eigenvalue weighted by atomic mass is 16.6. The average Bonchev–Trinajstić information content (AvgIpc) is 2.83. The van der Waals surface area contributed by atoms with Crippen molar-refractivity contribution in [1.82, 2.24) is 10.2 Å². The van der Waals surface area contributed by atoms with E-state index in [4.69, 9.17) is 0 Å². The zero-order valence-corrected chi connectivity index (χ0v) is 10.4. The molecule has 7 nitrogen and oxygen atoms in total. The van der Waals surface area contributed by atoms with Crippen LogP contribution in [0.25, 0.3) is 0 Å². The molecule has 0 aliphatic rings. The number of carbonyl (C=O) groups is 1. The Labute approximate surface area is 108 Å². The summed E-state index contributed by atoms with van der Waals surface area (Å²) < 4.78 is 0. The summed E-state index contributed by atoms with van der Waals surface area (Å²) in [5, 5.41) is 19.0. The van der Waals surface area contributed by atoms with Gasteiger partial charge in [-0.15, -0.1) is 5.10 Å². The van der Waals surface area contributed by atoms with Crippen molar-refractivity contribution in [2.24, 2.45) is 0 Å². The van der Waals surface area contributed by atoms with E-state index in [1.54, 1.807) is 0 Å². The number of nitrogens with one attached hydrogen (secondary N) is 2. The van der Waals surface area contributed by atoms with Crippen molar-refractivity contribution in [3.8, 4) is 0 Å². The first-order valence-corrected chi connectivity index (χ1v) is 5.56. The van der Waals surface area contributed by atoms with Gasteiger partial charge in [-0.2, -0.15) is 0 Å². The number of H-pyrrole nitrogens is 1. The molecule has 2 aromatic rings. The molecule has 0 aliphatic carbocycles. The molecule has 1 heterocycles. The molecule has 0 radical (unpaired) electrons. The fourth-order valence-electron chi connectivity index (χ4n) is 1.58. The fourth-order valence-corrected chi connectivity index (χ4v) is 1.58. The molecule has 0 aliphatic heterocycles. The van der Waals surface area contributed by atoms with Crippen molar-refractivity contribution in [2.45, 2.75) is 13.8 Å². The lowest BCUT2D eigenvalue weighted by Crippen LogP contribution is -2.13. The van der Waals surface area contributed by atoms with Crippen molar-refractivity contribution < 1.29 is 9.72 Å². The fraction of sp³-hybridized carbons (Fsp3) is 0.167. The van der Waals surface area contributed by atoms with Crippen LogP contribution >= 0.6 is 0 Å². The van der Waals surface area contributed by atoms with Crippen LogP contribution in [0.5, 0.6) is 0 Å². The zero-order valence-electron chi connectivity index (χ0n) is 10.4. The SMILES string of the molecule is Cc1ccc(C)c(NC(=O)c2cc([N+](=O)[O-])[nH]n2)c1. The molecule has 1 aromatic heterocycles. The molecule has 98 valence electrons. The van der Waals surface area contributed by atoms with Crippen LogP contribution in [0.3, 0.4) is 0 Å². The standard InChI is InChI=1S/C12H12N4O3/c1-7-3-4-8(2)9(5-7)13-12(17)10-6-11(15-14-10)16(18)19/h3-6H,1-2H3,(H,13,17)(H,14,15). The lowest BCUT2D eigenvalue weighted by molar-refractivity contribution is -0.389. The highest BCUT2D eigenvalue weighted by Crippen LogP contribution is 2.17. The molecule has 2 N–H and O–H groups in total. The number of amides is 1. The third-order valence-corrected chi connectivity index (χ3v) is 2.63. The van der Waals surface area contributed by atoms with Crippen molar-refractivity contribution in [3.05, 3.63) is 51.2 Å². The Morgan fingerprint density at radius 2 is 2.11 bits per heavy atom. The minimum Gasteiger partial charge on any atom is -0.358 e. The van der Waals surface area contributed by atoms with Gasteiger partial charge >= 0.3 is 5.82 Å². The van der Waals surface area contributed by atoms with Crippen LogP contribution in [0, 0.1) is 24.0 Å². The van der Waals surface area contributed by atoms with Crippen LogP contribution in [-0.2, 0) is 0 Å². The number of aryl methyl sites for hydroxylation is 2. The second-order valence-corrected chi connectivity index (χ2v) is 4.17. The molecule has 1 aromatic carbocycles. The van der Waals surface area contributed by atoms with E-state index in [0.717, 1.165) is 17.2 Å². The predicted octanol–water partition coefficient (Wildman–Crippen LogP) is 2.19. The first-order chi connectivity index (χ1) is 8.97. The summed E-state index contributed by atoms with van der Waals surface area (Å²) in [6.07, 6.45) is 0. The molecule has 0 fully saturated rings. The topological polar surface area (TPSA) is 101 Å². The monoisotopic (exact) mass is 260 g/mol. The quantitative estimate of drug-likeness (QED) is 0.652. The van der Waals surface area contributed by atoms with Crippen LogP contribution in [0.1, 0.15) is 21.6 Å². The number of nitro groups is 1. The molecule has 1 amide bonds. The minimum absolute atomic E-state index is 0.0207. The molecular formula is C12H12N4O3. The summed E-state index contributed by atoms with van der Waals surface area (Å²) in [7, 11) is 0. The van der Waals surface area contributed by atoms with Crippen LogP contribution in [-0.4, -0.2) is 21.0 Å². The third-order valence-electron chi connectivity index (χ3n) is 2.63. The van der Waals surface area contributed by atoms with E-state index in [-0.39, 0.29) is 11.5 Å². The summed E-state index contributed by atoms with van der Waals surface area (Å²) in [6, 6.07) is 6.75. The van der Waals surface area contributed by atoms with Gasteiger partial charge in [0.25, 0.3) is 5.91 Å². The maximum absolute atomic E-state index is 11.9. The molecule has 0 saturated heterocycles. The average molecular weight is 260 g/mol. The number of rotatable bonds is 3. The van der Waals surface area contributed by atoms with Gasteiger partial charge in [-0.1, -0.05) is 17.2 Å². The number of benzene rings is 1. The first-order valence-electron chi connectivity index (χ1n) is 5.56. The van der Waals surface area contributed by atoms with Crippen LogP contribution in [0.15, 0.2) is 24.3 Å². The van der Waals surface area contributed by atoms with Gasteiger partial charge in [-0.3, -0.25) is 4.79 Å². The number of carbonyl (C=O) groups excluding carboxylic acids is 1. The largest absolute Gasteiger partial charge is 0.358 e. The molecule has 2 rings (SSSR count). The maximum Gasteiger partial charge on any atom is 0.343 e. The number of aromatic amines is 1. The molecule has 0 saturated carbocycles. The van der Waals surface area contributed by atoms with E-state index in [1.807, 2.05) is 32.0 Å². The van der Waals surface area contributed by atoms with E-state index < -0.39 is 10.8 Å². The molecule has 19 heavy (non-hydrogen) atoms. The summed E-state index contributed by atoms with van der Waals surface area (Å²) in [5.74, 6) is -0.802. The number of hydrogen-bond acceptors (Lipinski definition) is 4. The van der Waals surface area contributed by atoms with E-state index in [1.165, 1.54) is 0 Å². The summed E-state index contributed by atoms with van der Waals surface area (Å²) in [5.41, 5.74) is 2.56. The van der Waals surface area contributed by atoms with E-state index in [2.05, 4.69) is 15.5 Å². The molecule has 0 unspecified atom stereocenters. The van der Waals surface area contributed by atoms with Gasteiger partial charge in [0.2, 0.25) is 0 Å². The van der Waals surface area contributed by atoms with Crippen LogP contribution < -0.4 is 5.32 Å². The Kier molecular flexibility index (Phi) is 3.28. The second-order valence-electron chi connectivity index (χ2n) is 4.17. The van der Waals surface area contributed by atoms with Crippen molar-refractivity contribution in [2.75, 3.05) is 5.32 Å². The number of aromatic nitrogens is 2. The maximum atomic E-state index is 11.9. The van der Waals surface area contributed by atoms with E-state index in [0.29, 0.717) is 5.69 Å². The van der Waals surface area contributed by atoms with Crippen molar-refractivity contribution >= 4 is 17.4 Å². The lowest BCUT2D eigenvalue weighted by Gasteiger charge is -2.07. The predicted molar refractivity (Wildman–Crippen MR) is 69.1 cm³/mol. The van der Waals surface area contributed by atoms with Gasteiger partial charge in [0.05, 0.1) is 6.07 Å². The van der Waals surface area contributed by atoms with Crippen molar-refractivity contribution in [1.29, 1.82) is 0 Å². The Bertz CT molecular complexity index is 648. The van der Waals surface area contributed by atoms with Crippen molar-refractivity contribution in [3.63, 3.8) is 0 Å².